The number of nitrogens with zero attached hydrogens (tertiary/aromatic N) is 4. The minimum Gasteiger partial charge on any atom is -0.353 e. The number of nitrogens with one attached hydrogen (secondary N) is 1. The fraction of sp³-hybridized carbons (Fsp3) is 0.647. The van der Waals surface area contributed by atoms with Crippen molar-refractivity contribution in [3.8, 4) is 0 Å². The Morgan fingerprint density at radius 2 is 1.96 bits per heavy atom. The van der Waals surface area contributed by atoms with Crippen molar-refractivity contribution in [2.45, 2.75) is 45.1 Å². The fourth-order valence-corrected chi connectivity index (χ4v) is 4.39. The summed E-state index contributed by atoms with van der Waals surface area (Å²) in [6, 6.07) is -0.166. The molecule has 1 fully saturated rings. The lowest BCUT2D eigenvalue weighted by molar-refractivity contribution is -0.407. The Morgan fingerprint density at radius 3 is 2.65 bits per heavy atom. The highest BCUT2D eigenvalue weighted by Gasteiger charge is 2.48. The summed E-state index contributed by atoms with van der Waals surface area (Å²) in [4.78, 5) is 46.7. The molecule has 0 aromatic rings. The van der Waals surface area contributed by atoms with Gasteiger partial charge in [0.15, 0.2) is 5.92 Å². The number of urea groups is 1. The van der Waals surface area contributed by atoms with E-state index in [2.05, 4.69) is 15.3 Å². The summed E-state index contributed by atoms with van der Waals surface area (Å²) in [6.45, 7) is 1.72. The van der Waals surface area contributed by atoms with Crippen LogP contribution in [0.25, 0.3) is 0 Å². The normalized spacial score (nSPS) is 24.3. The summed E-state index contributed by atoms with van der Waals surface area (Å²) in [5.74, 6) is -0.0881. The Morgan fingerprint density at radius 1 is 1.27 bits per heavy atom. The molecule has 3 aliphatic rings. The average Bonchev–Trinajstić information content (AvgIpc) is 2.63. The Kier molecular flexibility index (Phi) is 5.55. The zero-order valence-corrected chi connectivity index (χ0v) is 16.1. The van der Waals surface area contributed by atoms with Gasteiger partial charge in [0.25, 0.3) is 5.84 Å². The first-order valence-corrected chi connectivity index (χ1v) is 9.85. The van der Waals surface area contributed by atoms with E-state index in [-0.39, 0.29) is 23.6 Å². The van der Waals surface area contributed by atoms with E-state index in [1.54, 1.807) is 14.0 Å². The first kappa shape index (κ1) is 18.8. The number of thioether (sulfide) groups is 1. The van der Waals surface area contributed by atoms with Crippen molar-refractivity contribution in [1.82, 2.24) is 10.2 Å². The number of imide groups is 1. The molecule has 1 atom stereocenters. The maximum atomic E-state index is 12.6. The smallest absolute Gasteiger partial charge is 0.353 e. The van der Waals surface area contributed by atoms with Crippen molar-refractivity contribution < 1.29 is 19.0 Å². The summed E-state index contributed by atoms with van der Waals surface area (Å²) in [7, 11) is 3.04. The number of hydrogen-bond acceptors (Lipinski definition) is 6. The van der Waals surface area contributed by atoms with Crippen molar-refractivity contribution in [1.29, 1.82) is 0 Å². The van der Waals surface area contributed by atoms with Crippen LogP contribution in [0.1, 0.15) is 39.0 Å². The van der Waals surface area contributed by atoms with E-state index in [4.69, 9.17) is 0 Å². The van der Waals surface area contributed by atoms with Gasteiger partial charge in [-0.3, -0.25) is 9.59 Å². The minimum atomic E-state index is -0.723. The molecule has 1 saturated carbocycles. The van der Waals surface area contributed by atoms with Gasteiger partial charge in [0, 0.05) is 13.0 Å². The van der Waals surface area contributed by atoms with Crippen LogP contribution < -0.4 is 5.32 Å². The third-order valence-electron chi connectivity index (χ3n) is 4.87. The topological polar surface area (TPSA) is 94.2 Å². The Hall–Kier alpha value is -2.03. The number of amides is 4. The molecule has 4 amide bonds. The van der Waals surface area contributed by atoms with E-state index in [1.165, 1.54) is 29.8 Å². The first-order chi connectivity index (χ1) is 12.4. The molecule has 1 aliphatic carbocycles. The highest BCUT2D eigenvalue weighted by atomic mass is 32.2. The van der Waals surface area contributed by atoms with Crippen molar-refractivity contribution in [3.05, 3.63) is 0 Å². The van der Waals surface area contributed by atoms with Crippen molar-refractivity contribution in [3.63, 3.8) is 0 Å². The molecule has 2 heterocycles. The van der Waals surface area contributed by atoms with Crippen molar-refractivity contribution in [2.24, 2.45) is 15.9 Å². The summed E-state index contributed by atoms with van der Waals surface area (Å²) in [5, 5.41) is 3.58. The number of hydrogen-bond donors (Lipinski definition) is 1. The molecule has 1 unspecified atom stereocenters. The Bertz CT molecular complexity index is 737. The van der Waals surface area contributed by atoms with Gasteiger partial charge in [0.2, 0.25) is 11.7 Å². The number of fused-ring (bicyclic) bond motifs is 1. The lowest BCUT2D eigenvalue weighted by atomic mass is 9.95. The average molecular weight is 378 g/mol. The highest BCUT2D eigenvalue weighted by Crippen LogP contribution is 2.25. The third kappa shape index (κ3) is 3.72. The Balaban J connectivity index is 1.71. The molecule has 0 radical (unpaired) electrons. The van der Waals surface area contributed by atoms with E-state index in [9.17, 15) is 14.4 Å². The molecule has 9 heteroatoms. The molecule has 1 N–H and O–H groups in total. The van der Waals surface area contributed by atoms with E-state index in [0.29, 0.717) is 16.7 Å². The van der Waals surface area contributed by atoms with Crippen LogP contribution in [0.3, 0.4) is 0 Å². The molecule has 3 rings (SSSR count). The molecular weight excluding hydrogens is 354 g/mol. The van der Waals surface area contributed by atoms with Gasteiger partial charge in [-0.05, 0) is 12.8 Å². The zero-order valence-electron chi connectivity index (χ0n) is 15.3. The molecule has 0 aromatic heterocycles. The fourth-order valence-electron chi connectivity index (χ4n) is 3.46. The maximum absolute atomic E-state index is 12.6. The number of carbonyl (C=O) groups excluding carboxylic acids is 3. The number of carbonyl (C=O) groups is 3. The second-order valence-electron chi connectivity index (χ2n) is 6.83. The predicted molar refractivity (Wildman–Crippen MR) is 101 cm³/mol. The van der Waals surface area contributed by atoms with E-state index in [1.807, 2.05) is 0 Å². The Labute approximate surface area is 156 Å². The minimum absolute atomic E-state index is 0.0487. The monoisotopic (exact) mass is 378 g/mol. The second kappa shape index (κ2) is 7.69. The lowest BCUT2D eigenvalue weighted by Gasteiger charge is -2.26. The van der Waals surface area contributed by atoms with Gasteiger partial charge < -0.3 is 5.32 Å². The summed E-state index contributed by atoms with van der Waals surface area (Å²) in [6.07, 6.45) is 5.60. The predicted octanol–water partition coefficient (Wildman–Crippen LogP) is 1.25. The quantitative estimate of drug-likeness (QED) is 0.748. The molecule has 0 saturated heterocycles. The van der Waals surface area contributed by atoms with Gasteiger partial charge in [-0.2, -0.15) is 9.48 Å². The summed E-state index contributed by atoms with van der Waals surface area (Å²) in [5.41, 5.74) is 0. The molecule has 26 heavy (non-hydrogen) atoms. The summed E-state index contributed by atoms with van der Waals surface area (Å²) < 4.78 is 1.37. The molecule has 0 spiro atoms. The summed E-state index contributed by atoms with van der Waals surface area (Å²) >= 11 is 1.24. The van der Waals surface area contributed by atoms with Crippen molar-refractivity contribution in [2.75, 3.05) is 19.8 Å². The van der Waals surface area contributed by atoms with Crippen LogP contribution in [-0.4, -0.2) is 69.9 Å². The third-order valence-corrected chi connectivity index (χ3v) is 5.90. The van der Waals surface area contributed by atoms with Crippen LogP contribution >= 0.6 is 11.8 Å². The van der Waals surface area contributed by atoms with Gasteiger partial charge in [-0.25, -0.2) is 9.79 Å². The lowest BCUT2D eigenvalue weighted by Crippen LogP contribution is -2.54. The molecular formula is C17H24N5O3S+. The molecule has 8 nitrogen and oxygen atoms in total. The van der Waals surface area contributed by atoms with Gasteiger partial charge >= 0.3 is 11.9 Å². The van der Waals surface area contributed by atoms with Gasteiger partial charge in [0.05, 0.1) is 19.8 Å². The van der Waals surface area contributed by atoms with E-state index < -0.39 is 11.9 Å². The maximum Gasteiger partial charge on any atom is 0.445 e. The molecule has 140 valence electrons. The van der Waals surface area contributed by atoms with Crippen LogP contribution in [0, 0.1) is 5.92 Å². The van der Waals surface area contributed by atoms with Crippen molar-refractivity contribution >= 4 is 46.3 Å². The molecule has 2 aliphatic heterocycles. The number of rotatable bonds is 3. The van der Waals surface area contributed by atoms with Crippen LogP contribution in [0.4, 0.5) is 4.79 Å². The number of aliphatic imine (C=N–C) groups is 2. The van der Waals surface area contributed by atoms with Gasteiger partial charge in [-0.1, -0.05) is 36.0 Å². The standard InChI is InChI=1S/C17H23N5O3S/c1-10-18-14-13(16(24)22(3)17(25)21(14)2)15(19-10)26-9-12(23)20-11-7-5-4-6-8-11/h11,13H,4-9H2,1-3H3/p+1. The van der Waals surface area contributed by atoms with Crippen LogP contribution in [0.2, 0.25) is 0 Å². The van der Waals surface area contributed by atoms with Crippen LogP contribution in [0.15, 0.2) is 9.98 Å². The van der Waals surface area contributed by atoms with E-state index in [0.717, 1.165) is 30.6 Å². The van der Waals surface area contributed by atoms with Gasteiger partial charge in [0.1, 0.15) is 5.04 Å². The molecule has 0 bridgehead atoms. The van der Waals surface area contributed by atoms with Gasteiger partial charge in [-0.15, -0.1) is 0 Å². The van der Waals surface area contributed by atoms with E-state index >= 15 is 0 Å². The first-order valence-electron chi connectivity index (χ1n) is 8.86. The molecule has 0 aromatic carbocycles. The van der Waals surface area contributed by atoms with Crippen LogP contribution in [-0.2, 0) is 9.59 Å². The number of amidine groups is 2. The second-order valence-corrected chi connectivity index (χ2v) is 7.83. The SMILES string of the molecule is CC1=NC2=[N+](C)C(=O)N(C)C(=O)C2C(SCC(=O)NC2CCCCC2)=N1. The zero-order chi connectivity index (χ0) is 18.8. The van der Waals surface area contributed by atoms with Crippen LogP contribution in [0.5, 0.6) is 0 Å². The highest BCUT2D eigenvalue weighted by molar-refractivity contribution is 8.14. The largest absolute Gasteiger partial charge is 0.445 e.